The Bertz CT molecular complexity index is 675. The summed E-state index contributed by atoms with van der Waals surface area (Å²) in [5.74, 6) is 0.0576. The molecule has 1 aliphatic heterocycles. The molecule has 8 heteroatoms. The lowest BCUT2D eigenvalue weighted by molar-refractivity contribution is -0.131. The van der Waals surface area contributed by atoms with Gasteiger partial charge in [-0.2, -0.15) is 0 Å². The molecule has 2 amide bonds. The normalized spacial score (nSPS) is 14.1. The van der Waals surface area contributed by atoms with Crippen LogP contribution in [-0.2, 0) is 9.59 Å². The number of nitrogens with one attached hydrogen (secondary N) is 2. The SMILES string of the molecule is CCCC(=O)NC(=S)Nc1cccc(Cl)c1N1CCN(C(=O)CC)CC1. The third-order valence-electron chi connectivity index (χ3n) is 4.22. The van der Waals surface area contributed by atoms with Gasteiger partial charge in [-0.15, -0.1) is 0 Å². The molecule has 6 nitrogen and oxygen atoms in total. The maximum Gasteiger partial charge on any atom is 0.226 e. The molecule has 1 aliphatic rings. The summed E-state index contributed by atoms with van der Waals surface area (Å²) in [4.78, 5) is 27.6. The molecule has 142 valence electrons. The Morgan fingerprint density at radius 1 is 1.19 bits per heavy atom. The van der Waals surface area contributed by atoms with Crippen LogP contribution in [0.15, 0.2) is 18.2 Å². The van der Waals surface area contributed by atoms with Gasteiger partial charge in [-0.05, 0) is 30.8 Å². The Hall–Kier alpha value is -1.86. The van der Waals surface area contributed by atoms with Gasteiger partial charge in [0.2, 0.25) is 11.8 Å². The van der Waals surface area contributed by atoms with Crippen molar-refractivity contribution in [3.05, 3.63) is 23.2 Å². The first-order chi connectivity index (χ1) is 12.5. The van der Waals surface area contributed by atoms with E-state index in [2.05, 4.69) is 15.5 Å². The van der Waals surface area contributed by atoms with Crippen molar-refractivity contribution in [3.8, 4) is 0 Å². The number of carbonyl (C=O) groups is 2. The lowest BCUT2D eigenvalue weighted by Gasteiger charge is -2.37. The number of anilines is 2. The van der Waals surface area contributed by atoms with E-state index in [1.54, 1.807) is 0 Å². The summed E-state index contributed by atoms with van der Waals surface area (Å²) in [6, 6.07) is 5.54. The number of halogens is 1. The number of benzene rings is 1. The molecule has 0 atom stereocenters. The van der Waals surface area contributed by atoms with Gasteiger partial charge in [0, 0.05) is 39.0 Å². The zero-order valence-electron chi connectivity index (χ0n) is 15.2. The Kier molecular flexibility index (Phi) is 7.66. The minimum absolute atomic E-state index is 0.111. The summed E-state index contributed by atoms with van der Waals surface area (Å²) >= 11 is 11.7. The van der Waals surface area contributed by atoms with Gasteiger partial charge in [0.15, 0.2) is 5.11 Å². The van der Waals surface area contributed by atoms with Gasteiger partial charge in [-0.25, -0.2) is 0 Å². The Morgan fingerprint density at radius 2 is 1.88 bits per heavy atom. The predicted molar refractivity (Wildman–Crippen MR) is 110 cm³/mol. The highest BCUT2D eigenvalue weighted by atomic mass is 35.5. The highest BCUT2D eigenvalue weighted by Gasteiger charge is 2.23. The zero-order chi connectivity index (χ0) is 19.1. The number of hydrogen-bond acceptors (Lipinski definition) is 4. The molecule has 26 heavy (non-hydrogen) atoms. The van der Waals surface area contributed by atoms with Gasteiger partial charge in [0.05, 0.1) is 16.4 Å². The van der Waals surface area contributed by atoms with Crippen molar-refractivity contribution < 1.29 is 9.59 Å². The summed E-state index contributed by atoms with van der Waals surface area (Å²) in [5.41, 5.74) is 1.58. The molecule has 1 aromatic rings. The lowest BCUT2D eigenvalue weighted by atomic mass is 10.2. The second kappa shape index (κ2) is 9.73. The number of hydrogen-bond donors (Lipinski definition) is 2. The van der Waals surface area contributed by atoms with Crippen LogP contribution in [0.1, 0.15) is 33.1 Å². The summed E-state index contributed by atoms with van der Waals surface area (Å²) in [6.45, 7) is 6.52. The van der Waals surface area contributed by atoms with Crippen LogP contribution < -0.4 is 15.5 Å². The first kappa shape index (κ1) is 20.5. The molecule has 0 unspecified atom stereocenters. The molecule has 1 saturated heterocycles. The standard InChI is InChI=1S/C18H25ClN4O2S/c1-3-6-15(24)21-18(26)20-14-8-5-7-13(19)17(14)23-11-9-22(10-12-23)16(25)4-2/h5,7-8H,3-4,6,9-12H2,1-2H3,(H2,20,21,24,26). The number of carbonyl (C=O) groups excluding carboxylic acids is 2. The van der Waals surface area contributed by atoms with Gasteiger partial charge in [0.25, 0.3) is 0 Å². The predicted octanol–water partition coefficient (Wildman–Crippen LogP) is 3.01. The molecule has 0 aliphatic carbocycles. The number of thiocarbonyl (C=S) groups is 1. The third-order valence-corrected chi connectivity index (χ3v) is 4.73. The van der Waals surface area contributed by atoms with E-state index in [9.17, 15) is 9.59 Å². The molecule has 1 heterocycles. The van der Waals surface area contributed by atoms with Crippen LogP contribution in [0.4, 0.5) is 11.4 Å². The molecule has 2 N–H and O–H groups in total. The molecule has 0 aromatic heterocycles. The van der Waals surface area contributed by atoms with Crippen molar-refractivity contribution in [2.24, 2.45) is 0 Å². The van der Waals surface area contributed by atoms with Crippen molar-refractivity contribution in [2.75, 3.05) is 36.4 Å². The van der Waals surface area contributed by atoms with Gasteiger partial charge in [-0.1, -0.05) is 31.5 Å². The summed E-state index contributed by atoms with van der Waals surface area (Å²) < 4.78 is 0. The Balaban J connectivity index is 2.09. The van der Waals surface area contributed by atoms with E-state index < -0.39 is 0 Å². The third kappa shape index (κ3) is 5.32. The van der Waals surface area contributed by atoms with Crippen LogP contribution in [0.2, 0.25) is 5.02 Å². The fourth-order valence-corrected chi connectivity index (χ4v) is 3.43. The smallest absolute Gasteiger partial charge is 0.226 e. The Morgan fingerprint density at radius 3 is 2.50 bits per heavy atom. The van der Waals surface area contributed by atoms with E-state index in [1.807, 2.05) is 36.9 Å². The van der Waals surface area contributed by atoms with Gasteiger partial charge >= 0.3 is 0 Å². The second-order valence-electron chi connectivity index (χ2n) is 6.11. The van der Waals surface area contributed by atoms with Crippen LogP contribution in [0.5, 0.6) is 0 Å². The fourth-order valence-electron chi connectivity index (χ4n) is 2.91. The number of nitrogens with zero attached hydrogens (tertiary/aromatic N) is 2. The van der Waals surface area contributed by atoms with Crippen molar-refractivity contribution in [1.29, 1.82) is 0 Å². The van der Waals surface area contributed by atoms with E-state index in [0.717, 1.165) is 17.8 Å². The van der Waals surface area contributed by atoms with Gasteiger partial charge in [-0.3, -0.25) is 9.59 Å². The molecule has 0 saturated carbocycles. The highest BCUT2D eigenvalue weighted by Crippen LogP contribution is 2.34. The van der Waals surface area contributed by atoms with Crippen molar-refractivity contribution >= 4 is 52.1 Å². The molecule has 1 fully saturated rings. The van der Waals surface area contributed by atoms with Crippen molar-refractivity contribution in [2.45, 2.75) is 33.1 Å². The maximum absolute atomic E-state index is 11.9. The topological polar surface area (TPSA) is 64.7 Å². The summed E-state index contributed by atoms with van der Waals surface area (Å²) in [6.07, 6.45) is 1.71. The summed E-state index contributed by atoms with van der Waals surface area (Å²) in [7, 11) is 0. The number of para-hydroxylation sites is 1. The van der Waals surface area contributed by atoms with Gasteiger partial charge < -0.3 is 20.4 Å². The lowest BCUT2D eigenvalue weighted by Crippen LogP contribution is -2.49. The first-order valence-corrected chi connectivity index (χ1v) is 9.67. The highest BCUT2D eigenvalue weighted by molar-refractivity contribution is 7.80. The van der Waals surface area contributed by atoms with Crippen molar-refractivity contribution in [3.63, 3.8) is 0 Å². The fraction of sp³-hybridized carbons (Fsp3) is 0.500. The van der Waals surface area contributed by atoms with E-state index in [-0.39, 0.29) is 16.9 Å². The molecular weight excluding hydrogens is 372 g/mol. The van der Waals surface area contributed by atoms with Crippen LogP contribution >= 0.6 is 23.8 Å². The minimum Gasteiger partial charge on any atom is -0.365 e. The van der Waals surface area contributed by atoms with E-state index >= 15 is 0 Å². The molecule has 2 rings (SSSR count). The number of amides is 2. The summed E-state index contributed by atoms with van der Waals surface area (Å²) in [5, 5.41) is 6.61. The largest absolute Gasteiger partial charge is 0.365 e. The average molecular weight is 397 g/mol. The monoisotopic (exact) mass is 396 g/mol. The molecule has 0 spiro atoms. The minimum atomic E-state index is -0.111. The van der Waals surface area contributed by atoms with Crippen LogP contribution in [0, 0.1) is 0 Å². The molecule has 1 aromatic carbocycles. The van der Waals surface area contributed by atoms with Crippen LogP contribution in [-0.4, -0.2) is 48.0 Å². The number of piperazine rings is 1. The molecular formula is C18H25ClN4O2S. The van der Waals surface area contributed by atoms with E-state index in [4.69, 9.17) is 23.8 Å². The molecule has 0 bridgehead atoms. The first-order valence-electron chi connectivity index (χ1n) is 8.88. The second-order valence-corrected chi connectivity index (χ2v) is 6.93. The Labute approximate surface area is 164 Å². The van der Waals surface area contributed by atoms with Gasteiger partial charge in [0.1, 0.15) is 0 Å². The van der Waals surface area contributed by atoms with E-state index in [0.29, 0.717) is 44.0 Å². The van der Waals surface area contributed by atoms with Crippen molar-refractivity contribution in [1.82, 2.24) is 10.2 Å². The average Bonchev–Trinajstić information content (AvgIpc) is 2.61. The number of rotatable bonds is 5. The zero-order valence-corrected chi connectivity index (χ0v) is 16.8. The maximum atomic E-state index is 11.9. The van der Waals surface area contributed by atoms with Crippen LogP contribution in [0.3, 0.4) is 0 Å². The quantitative estimate of drug-likeness (QED) is 0.749. The van der Waals surface area contributed by atoms with Crippen LogP contribution in [0.25, 0.3) is 0 Å². The van der Waals surface area contributed by atoms with E-state index in [1.165, 1.54) is 0 Å². The molecule has 0 radical (unpaired) electrons.